The normalized spacial score (nSPS) is 14.9. The highest BCUT2D eigenvalue weighted by Gasteiger charge is 2.13. The number of carbonyl (C=O) groups is 1. The fraction of sp³-hybridized carbons (Fsp3) is 0.391. The molecular formula is C23H30N4O3. The predicted molar refractivity (Wildman–Crippen MR) is 119 cm³/mol. The van der Waals surface area contributed by atoms with Crippen LogP contribution in [0.5, 0.6) is 11.5 Å². The van der Waals surface area contributed by atoms with E-state index in [4.69, 9.17) is 4.74 Å². The molecule has 0 radical (unpaired) electrons. The summed E-state index contributed by atoms with van der Waals surface area (Å²) in [5.41, 5.74) is 5.82. The van der Waals surface area contributed by atoms with E-state index in [1.54, 1.807) is 13.2 Å². The fourth-order valence-electron chi connectivity index (χ4n) is 3.46. The summed E-state index contributed by atoms with van der Waals surface area (Å²) in [7, 11) is 1.60. The molecule has 160 valence electrons. The van der Waals surface area contributed by atoms with Crippen LogP contribution in [-0.2, 0) is 11.3 Å². The molecule has 1 amide bonds. The summed E-state index contributed by atoms with van der Waals surface area (Å²) in [5.74, 6) is 0.773. The highest BCUT2D eigenvalue weighted by molar-refractivity contribution is 5.99. The molecule has 0 atom stereocenters. The van der Waals surface area contributed by atoms with Gasteiger partial charge in [-0.2, -0.15) is 5.10 Å². The number of phenols is 1. The van der Waals surface area contributed by atoms with Gasteiger partial charge in [0, 0.05) is 23.9 Å². The monoisotopic (exact) mass is 410 g/mol. The number of methoxy groups -OCH3 is 1. The Balaban J connectivity index is 1.56. The standard InChI is InChI=1S/C23H30N4O3/c1-17(25-26-23(29)15-24-20-7-6-8-21(14-20)30-2)18-9-10-22(28)19(13-18)16-27-11-4-3-5-12-27/h6-10,13-14,24,28H,3-5,11-12,15-16H2,1-2H3,(H,26,29)/b25-17+. The lowest BCUT2D eigenvalue weighted by molar-refractivity contribution is -0.119. The number of benzene rings is 2. The number of phenolic OH excluding ortho intramolecular Hbond substituents is 1. The van der Waals surface area contributed by atoms with Crippen molar-refractivity contribution in [1.29, 1.82) is 0 Å². The minimum Gasteiger partial charge on any atom is -0.508 e. The van der Waals surface area contributed by atoms with Gasteiger partial charge in [0.25, 0.3) is 5.91 Å². The number of hydrazone groups is 1. The largest absolute Gasteiger partial charge is 0.508 e. The number of anilines is 1. The summed E-state index contributed by atoms with van der Waals surface area (Å²) in [4.78, 5) is 14.5. The summed E-state index contributed by atoms with van der Waals surface area (Å²) >= 11 is 0. The van der Waals surface area contributed by atoms with Gasteiger partial charge in [0.1, 0.15) is 11.5 Å². The van der Waals surface area contributed by atoms with Crippen LogP contribution in [0.3, 0.4) is 0 Å². The number of likely N-dealkylation sites (tertiary alicyclic amines) is 1. The van der Waals surface area contributed by atoms with Gasteiger partial charge in [-0.25, -0.2) is 5.43 Å². The van der Waals surface area contributed by atoms with E-state index in [2.05, 4.69) is 20.7 Å². The van der Waals surface area contributed by atoms with Crippen molar-refractivity contribution in [1.82, 2.24) is 10.3 Å². The van der Waals surface area contributed by atoms with Crippen molar-refractivity contribution in [2.24, 2.45) is 5.10 Å². The Bertz CT molecular complexity index is 892. The van der Waals surface area contributed by atoms with Crippen LogP contribution >= 0.6 is 0 Å². The summed E-state index contributed by atoms with van der Waals surface area (Å²) in [6.07, 6.45) is 3.69. The average Bonchev–Trinajstić information content (AvgIpc) is 2.78. The third kappa shape index (κ3) is 6.22. The number of rotatable bonds is 8. The Morgan fingerprint density at radius 1 is 1.17 bits per heavy atom. The number of hydrogen-bond acceptors (Lipinski definition) is 6. The number of hydrogen-bond donors (Lipinski definition) is 3. The molecule has 0 aromatic heterocycles. The van der Waals surface area contributed by atoms with E-state index in [0.29, 0.717) is 11.5 Å². The quantitative estimate of drug-likeness (QED) is 0.459. The van der Waals surface area contributed by atoms with E-state index in [-0.39, 0.29) is 12.5 Å². The summed E-state index contributed by atoms with van der Waals surface area (Å²) in [5, 5.41) is 17.5. The zero-order valence-electron chi connectivity index (χ0n) is 17.6. The van der Waals surface area contributed by atoms with Gasteiger partial charge in [-0.3, -0.25) is 9.69 Å². The summed E-state index contributed by atoms with van der Waals surface area (Å²) in [6.45, 7) is 4.79. The molecule has 1 aliphatic rings. The van der Waals surface area contributed by atoms with E-state index in [1.807, 2.05) is 43.3 Å². The van der Waals surface area contributed by atoms with Crippen LogP contribution < -0.4 is 15.5 Å². The second-order valence-corrected chi connectivity index (χ2v) is 7.50. The Hall–Kier alpha value is -3.06. The highest BCUT2D eigenvalue weighted by atomic mass is 16.5. The SMILES string of the molecule is COc1cccc(NCC(=O)N/N=C(\C)c2ccc(O)c(CN3CCCCC3)c2)c1. The number of amides is 1. The first-order valence-electron chi connectivity index (χ1n) is 10.3. The maximum absolute atomic E-state index is 12.1. The first-order chi connectivity index (χ1) is 14.5. The van der Waals surface area contributed by atoms with Crippen LogP contribution in [-0.4, -0.2) is 48.4 Å². The fourth-order valence-corrected chi connectivity index (χ4v) is 3.46. The van der Waals surface area contributed by atoms with Gasteiger partial charge in [-0.05, 0) is 68.8 Å². The van der Waals surface area contributed by atoms with E-state index < -0.39 is 0 Å². The molecule has 2 aromatic carbocycles. The average molecular weight is 411 g/mol. The number of carbonyl (C=O) groups excluding carboxylic acids is 1. The number of piperidine rings is 1. The molecule has 1 aliphatic heterocycles. The lowest BCUT2D eigenvalue weighted by Gasteiger charge is -2.26. The van der Waals surface area contributed by atoms with Crippen molar-refractivity contribution in [2.45, 2.75) is 32.7 Å². The first kappa shape index (κ1) is 21.6. The number of ether oxygens (including phenoxy) is 1. The maximum Gasteiger partial charge on any atom is 0.259 e. The molecule has 0 spiro atoms. The van der Waals surface area contributed by atoms with E-state index in [9.17, 15) is 9.90 Å². The molecule has 7 heteroatoms. The van der Waals surface area contributed by atoms with Crippen molar-refractivity contribution in [3.05, 3.63) is 53.6 Å². The third-order valence-corrected chi connectivity index (χ3v) is 5.21. The molecule has 3 rings (SSSR count). The van der Waals surface area contributed by atoms with Gasteiger partial charge in [0.15, 0.2) is 0 Å². The second kappa shape index (κ2) is 10.6. The van der Waals surface area contributed by atoms with Crippen molar-refractivity contribution in [2.75, 3.05) is 32.1 Å². The Morgan fingerprint density at radius 3 is 2.73 bits per heavy atom. The van der Waals surface area contributed by atoms with Crippen molar-refractivity contribution in [3.63, 3.8) is 0 Å². The second-order valence-electron chi connectivity index (χ2n) is 7.50. The van der Waals surface area contributed by atoms with Crippen LogP contribution in [0.2, 0.25) is 0 Å². The number of nitrogens with one attached hydrogen (secondary N) is 2. The molecular weight excluding hydrogens is 380 g/mol. The van der Waals surface area contributed by atoms with Crippen LogP contribution in [0.25, 0.3) is 0 Å². The van der Waals surface area contributed by atoms with Crippen molar-refractivity contribution in [3.8, 4) is 11.5 Å². The molecule has 0 saturated carbocycles. The Kier molecular flexibility index (Phi) is 7.68. The van der Waals surface area contributed by atoms with E-state index in [1.165, 1.54) is 19.3 Å². The maximum atomic E-state index is 12.1. The van der Waals surface area contributed by atoms with Crippen LogP contribution in [0.1, 0.15) is 37.3 Å². The molecule has 2 aromatic rings. The number of aromatic hydroxyl groups is 1. The van der Waals surface area contributed by atoms with Crippen molar-refractivity contribution >= 4 is 17.3 Å². The minimum atomic E-state index is -0.246. The van der Waals surface area contributed by atoms with E-state index >= 15 is 0 Å². The molecule has 1 fully saturated rings. The van der Waals surface area contributed by atoms with Crippen LogP contribution in [0.15, 0.2) is 47.6 Å². The highest BCUT2D eigenvalue weighted by Crippen LogP contribution is 2.22. The van der Waals surface area contributed by atoms with Gasteiger partial charge in [-0.1, -0.05) is 12.5 Å². The Morgan fingerprint density at radius 2 is 1.97 bits per heavy atom. The topological polar surface area (TPSA) is 86.2 Å². The summed E-state index contributed by atoms with van der Waals surface area (Å²) < 4.78 is 5.17. The van der Waals surface area contributed by atoms with Crippen LogP contribution in [0.4, 0.5) is 5.69 Å². The molecule has 0 unspecified atom stereocenters. The molecule has 7 nitrogen and oxygen atoms in total. The lowest BCUT2D eigenvalue weighted by Crippen LogP contribution is -2.29. The Labute approximate surface area is 177 Å². The zero-order valence-corrected chi connectivity index (χ0v) is 17.6. The number of nitrogens with zero attached hydrogens (tertiary/aromatic N) is 2. The summed E-state index contributed by atoms with van der Waals surface area (Å²) in [6, 6.07) is 12.8. The van der Waals surface area contributed by atoms with Gasteiger partial charge in [-0.15, -0.1) is 0 Å². The molecule has 0 bridgehead atoms. The lowest BCUT2D eigenvalue weighted by atomic mass is 10.0. The molecule has 0 aliphatic carbocycles. The molecule has 1 saturated heterocycles. The van der Waals surface area contributed by atoms with Crippen LogP contribution in [0, 0.1) is 0 Å². The minimum absolute atomic E-state index is 0.0970. The zero-order chi connectivity index (χ0) is 21.3. The van der Waals surface area contributed by atoms with Gasteiger partial charge < -0.3 is 15.2 Å². The molecule has 3 N–H and O–H groups in total. The van der Waals surface area contributed by atoms with Gasteiger partial charge >= 0.3 is 0 Å². The van der Waals surface area contributed by atoms with Gasteiger partial charge in [0.05, 0.1) is 19.4 Å². The smallest absolute Gasteiger partial charge is 0.259 e. The third-order valence-electron chi connectivity index (χ3n) is 5.21. The van der Waals surface area contributed by atoms with Crippen molar-refractivity contribution < 1.29 is 14.6 Å². The van der Waals surface area contributed by atoms with Gasteiger partial charge in [0.2, 0.25) is 0 Å². The predicted octanol–water partition coefficient (Wildman–Crippen LogP) is 3.34. The first-order valence-corrected chi connectivity index (χ1v) is 10.3. The van der Waals surface area contributed by atoms with E-state index in [0.717, 1.165) is 42.2 Å². The molecule has 1 heterocycles. The molecule has 30 heavy (non-hydrogen) atoms.